The number of benzene rings is 1. The standard InChI is InChI=1S/C20H20N2O4S/c1-3-10-22(11-4-2)18(23)14-26-20(25)15-7-5-8-16(13-15)21-19(24)17-9-6-12-27-17/h3-9,12-13H,1-2,10-11,14H2,(H,21,24). The fraction of sp³-hybridized carbons (Fsp3) is 0.150. The second-order valence-electron chi connectivity index (χ2n) is 5.46. The molecule has 0 atom stereocenters. The van der Waals surface area contributed by atoms with E-state index in [4.69, 9.17) is 4.74 Å². The third kappa shape index (κ3) is 5.93. The van der Waals surface area contributed by atoms with Crippen molar-refractivity contribution in [3.05, 3.63) is 77.5 Å². The molecule has 0 aliphatic rings. The number of hydrogen-bond donors (Lipinski definition) is 1. The average Bonchev–Trinajstić information content (AvgIpc) is 3.21. The summed E-state index contributed by atoms with van der Waals surface area (Å²) in [7, 11) is 0. The number of rotatable bonds is 9. The Labute approximate surface area is 161 Å². The van der Waals surface area contributed by atoms with E-state index in [0.29, 0.717) is 23.7 Å². The normalized spacial score (nSPS) is 9.93. The van der Waals surface area contributed by atoms with Crippen LogP contribution in [-0.4, -0.2) is 42.4 Å². The maximum Gasteiger partial charge on any atom is 0.338 e. The van der Waals surface area contributed by atoms with Gasteiger partial charge in [-0.15, -0.1) is 24.5 Å². The predicted molar refractivity (Wildman–Crippen MR) is 106 cm³/mol. The van der Waals surface area contributed by atoms with Crippen LogP contribution in [0, 0.1) is 0 Å². The van der Waals surface area contributed by atoms with Gasteiger partial charge >= 0.3 is 5.97 Å². The van der Waals surface area contributed by atoms with E-state index in [1.165, 1.54) is 22.3 Å². The summed E-state index contributed by atoms with van der Waals surface area (Å²) in [6.07, 6.45) is 3.17. The summed E-state index contributed by atoms with van der Waals surface area (Å²) in [6, 6.07) is 9.85. The summed E-state index contributed by atoms with van der Waals surface area (Å²) in [5.41, 5.74) is 0.708. The largest absolute Gasteiger partial charge is 0.452 e. The van der Waals surface area contributed by atoms with Gasteiger partial charge in [0.15, 0.2) is 6.61 Å². The van der Waals surface area contributed by atoms with E-state index in [2.05, 4.69) is 18.5 Å². The van der Waals surface area contributed by atoms with E-state index in [0.717, 1.165) is 0 Å². The number of nitrogens with zero attached hydrogens (tertiary/aromatic N) is 1. The lowest BCUT2D eigenvalue weighted by Crippen LogP contribution is -2.35. The third-order valence-corrected chi connectivity index (χ3v) is 4.35. The molecule has 0 unspecified atom stereocenters. The SMILES string of the molecule is C=CCN(CC=C)C(=O)COC(=O)c1cccc(NC(=O)c2cccs2)c1. The smallest absolute Gasteiger partial charge is 0.338 e. The number of anilines is 1. The van der Waals surface area contributed by atoms with Crippen LogP contribution in [0.2, 0.25) is 0 Å². The zero-order valence-corrected chi connectivity index (χ0v) is 15.5. The number of amides is 2. The quantitative estimate of drug-likeness (QED) is 0.531. The molecule has 6 nitrogen and oxygen atoms in total. The van der Waals surface area contributed by atoms with Crippen LogP contribution in [0.25, 0.3) is 0 Å². The molecule has 7 heteroatoms. The number of thiophene rings is 1. The first-order valence-corrected chi connectivity index (χ1v) is 9.04. The number of nitrogens with one attached hydrogen (secondary N) is 1. The molecular weight excluding hydrogens is 364 g/mol. The monoisotopic (exact) mass is 384 g/mol. The van der Waals surface area contributed by atoms with Crippen molar-refractivity contribution in [3.63, 3.8) is 0 Å². The molecule has 0 bridgehead atoms. The maximum atomic E-state index is 12.2. The van der Waals surface area contributed by atoms with Crippen LogP contribution in [0.1, 0.15) is 20.0 Å². The van der Waals surface area contributed by atoms with Gasteiger partial charge in [-0.1, -0.05) is 24.3 Å². The van der Waals surface area contributed by atoms with Gasteiger partial charge in [-0.3, -0.25) is 9.59 Å². The van der Waals surface area contributed by atoms with Gasteiger partial charge < -0.3 is 15.0 Å². The van der Waals surface area contributed by atoms with Gasteiger partial charge in [0.2, 0.25) is 0 Å². The molecule has 1 heterocycles. The van der Waals surface area contributed by atoms with Crippen molar-refractivity contribution in [1.29, 1.82) is 0 Å². The van der Waals surface area contributed by atoms with Crippen molar-refractivity contribution in [2.45, 2.75) is 0 Å². The van der Waals surface area contributed by atoms with Crippen LogP contribution in [0.3, 0.4) is 0 Å². The summed E-state index contributed by atoms with van der Waals surface area (Å²) in [6.45, 7) is 7.48. The average molecular weight is 384 g/mol. The zero-order chi connectivity index (χ0) is 19.6. The van der Waals surface area contributed by atoms with E-state index in [1.807, 2.05) is 5.38 Å². The third-order valence-electron chi connectivity index (χ3n) is 3.48. The molecule has 140 valence electrons. The van der Waals surface area contributed by atoms with Crippen molar-refractivity contribution in [2.75, 3.05) is 25.0 Å². The summed E-state index contributed by atoms with van der Waals surface area (Å²) in [5, 5.41) is 4.53. The highest BCUT2D eigenvalue weighted by Gasteiger charge is 2.15. The summed E-state index contributed by atoms with van der Waals surface area (Å²) in [4.78, 5) is 38.4. The van der Waals surface area contributed by atoms with Crippen molar-refractivity contribution in [2.24, 2.45) is 0 Å². The zero-order valence-electron chi connectivity index (χ0n) is 14.7. The first kappa shape index (κ1) is 20.1. The van der Waals surface area contributed by atoms with Crippen LogP contribution in [-0.2, 0) is 9.53 Å². The molecule has 2 amide bonds. The highest BCUT2D eigenvalue weighted by molar-refractivity contribution is 7.12. The first-order valence-electron chi connectivity index (χ1n) is 8.16. The Bertz CT molecular complexity index is 820. The minimum absolute atomic E-state index is 0.241. The first-order chi connectivity index (χ1) is 13.0. The molecule has 0 aliphatic carbocycles. The molecule has 2 aromatic rings. The topological polar surface area (TPSA) is 75.7 Å². The van der Waals surface area contributed by atoms with Crippen molar-refractivity contribution < 1.29 is 19.1 Å². The van der Waals surface area contributed by atoms with Gasteiger partial charge in [-0.05, 0) is 29.6 Å². The Morgan fingerprint density at radius 2 is 1.85 bits per heavy atom. The molecule has 1 aromatic carbocycles. The van der Waals surface area contributed by atoms with Gasteiger partial charge in [-0.25, -0.2) is 4.79 Å². The van der Waals surface area contributed by atoms with Crippen LogP contribution in [0.5, 0.6) is 0 Å². The molecule has 0 radical (unpaired) electrons. The van der Waals surface area contributed by atoms with E-state index in [-0.39, 0.29) is 24.0 Å². The lowest BCUT2D eigenvalue weighted by Gasteiger charge is -2.19. The molecule has 0 spiro atoms. The second kappa shape index (κ2) is 10.1. The Morgan fingerprint density at radius 1 is 1.11 bits per heavy atom. The minimum Gasteiger partial charge on any atom is -0.452 e. The fourth-order valence-electron chi connectivity index (χ4n) is 2.22. The summed E-state index contributed by atoms with van der Waals surface area (Å²) >= 11 is 1.32. The van der Waals surface area contributed by atoms with Gasteiger partial charge in [0.25, 0.3) is 11.8 Å². The highest BCUT2D eigenvalue weighted by atomic mass is 32.1. The van der Waals surface area contributed by atoms with E-state index < -0.39 is 5.97 Å². The van der Waals surface area contributed by atoms with Crippen LogP contribution in [0.4, 0.5) is 5.69 Å². The Kier molecular flexibility index (Phi) is 7.51. The van der Waals surface area contributed by atoms with E-state index in [1.54, 1.807) is 42.5 Å². The van der Waals surface area contributed by atoms with E-state index >= 15 is 0 Å². The Morgan fingerprint density at radius 3 is 2.48 bits per heavy atom. The number of carbonyl (C=O) groups excluding carboxylic acids is 3. The van der Waals surface area contributed by atoms with Gasteiger partial charge in [0, 0.05) is 18.8 Å². The Hall–Kier alpha value is -3.19. The van der Waals surface area contributed by atoms with E-state index in [9.17, 15) is 14.4 Å². The molecular formula is C20H20N2O4S. The summed E-state index contributed by atoms with van der Waals surface area (Å²) in [5.74, 6) is -1.24. The molecule has 1 N–H and O–H groups in total. The second-order valence-corrected chi connectivity index (χ2v) is 6.41. The molecule has 0 fully saturated rings. The molecule has 0 saturated heterocycles. The van der Waals surface area contributed by atoms with Crippen LogP contribution < -0.4 is 5.32 Å². The maximum absolute atomic E-state index is 12.2. The molecule has 2 rings (SSSR count). The molecule has 1 aromatic heterocycles. The van der Waals surface area contributed by atoms with Crippen LogP contribution in [0.15, 0.2) is 67.1 Å². The lowest BCUT2D eigenvalue weighted by atomic mass is 10.2. The van der Waals surface area contributed by atoms with Crippen molar-refractivity contribution in [3.8, 4) is 0 Å². The molecule has 0 saturated carbocycles. The fourth-order valence-corrected chi connectivity index (χ4v) is 2.84. The van der Waals surface area contributed by atoms with Gasteiger partial charge in [0.05, 0.1) is 10.4 Å². The molecule has 0 aliphatic heterocycles. The molecule has 27 heavy (non-hydrogen) atoms. The number of esters is 1. The Balaban J connectivity index is 1.96. The van der Waals surface area contributed by atoms with Crippen molar-refractivity contribution >= 4 is 34.8 Å². The number of hydrogen-bond acceptors (Lipinski definition) is 5. The van der Waals surface area contributed by atoms with Crippen molar-refractivity contribution in [1.82, 2.24) is 4.90 Å². The minimum atomic E-state index is -0.646. The van der Waals surface area contributed by atoms with Crippen LogP contribution >= 0.6 is 11.3 Å². The number of carbonyl (C=O) groups is 3. The lowest BCUT2D eigenvalue weighted by molar-refractivity contribution is -0.133. The van der Waals surface area contributed by atoms with Gasteiger partial charge in [-0.2, -0.15) is 0 Å². The highest BCUT2D eigenvalue weighted by Crippen LogP contribution is 2.15. The predicted octanol–water partition coefficient (Wildman–Crippen LogP) is 3.36. The van der Waals surface area contributed by atoms with Gasteiger partial charge in [0.1, 0.15) is 0 Å². The summed E-state index contributed by atoms with van der Waals surface area (Å²) < 4.78 is 5.09. The number of ether oxygens (including phenoxy) is 1.